The maximum atomic E-state index is 10.5. The summed E-state index contributed by atoms with van der Waals surface area (Å²) in [5.41, 5.74) is 3.08. The summed E-state index contributed by atoms with van der Waals surface area (Å²) >= 11 is 0. The number of benzene rings is 2. The molecule has 4 nitrogen and oxygen atoms in total. The summed E-state index contributed by atoms with van der Waals surface area (Å²) in [6.45, 7) is 0.627. The van der Waals surface area contributed by atoms with Crippen LogP contribution in [-0.2, 0) is 6.54 Å². The van der Waals surface area contributed by atoms with E-state index in [1.54, 1.807) is 24.3 Å². The Hall–Kier alpha value is -2.11. The molecule has 0 aliphatic heterocycles. The molecular formula is C14H14BNO3. The molecule has 0 saturated carbocycles. The highest BCUT2D eigenvalue weighted by molar-refractivity contribution is 6.58. The Morgan fingerprint density at radius 3 is 2.16 bits per heavy atom. The van der Waals surface area contributed by atoms with Gasteiger partial charge in [0.15, 0.2) is 0 Å². The number of aldehydes is 1. The summed E-state index contributed by atoms with van der Waals surface area (Å²) in [5, 5.41) is 21.2. The van der Waals surface area contributed by atoms with Crippen molar-refractivity contribution in [2.75, 3.05) is 5.32 Å². The lowest BCUT2D eigenvalue weighted by molar-refractivity contribution is 0.112. The summed E-state index contributed by atoms with van der Waals surface area (Å²) < 4.78 is 0. The second-order valence-corrected chi connectivity index (χ2v) is 4.21. The highest BCUT2D eigenvalue weighted by Crippen LogP contribution is 2.10. The minimum Gasteiger partial charge on any atom is -0.423 e. The van der Waals surface area contributed by atoms with Crippen LogP contribution in [0, 0.1) is 0 Å². The molecule has 2 aromatic rings. The fraction of sp³-hybridized carbons (Fsp3) is 0.0714. The normalized spacial score (nSPS) is 10.0. The van der Waals surface area contributed by atoms with E-state index in [4.69, 9.17) is 10.0 Å². The summed E-state index contributed by atoms with van der Waals surface area (Å²) in [6.07, 6.45) is 0.808. The number of rotatable bonds is 5. The molecule has 0 fully saturated rings. The monoisotopic (exact) mass is 255 g/mol. The Kier molecular flexibility index (Phi) is 4.33. The van der Waals surface area contributed by atoms with E-state index in [1.165, 1.54) is 0 Å². The molecule has 0 aliphatic rings. The smallest absolute Gasteiger partial charge is 0.423 e. The maximum Gasteiger partial charge on any atom is 0.488 e. The van der Waals surface area contributed by atoms with E-state index < -0.39 is 7.12 Å². The Balaban J connectivity index is 1.95. The molecule has 3 N–H and O–H groups in total. The lowest BCUT2D eigenvalue weighted by Gasteiger charge is -2.07. The summed E-state index contributed by atoms with van der Waals surface area (Å²) in [5.74, 6) is 0. The highest BCUT2D eigenvalue weighted by atomic mass is 16.4. The average Bonchev–Trinajstić information content (AvgIpc) is 2.46. The molecular weight excluding hydrogens is 241 g/mol. The zero-order chi connectivity index (χ0) is 13.7. The maximum absolute atomic E-state index is 10.5. The second kappa shape index (κ2) is 6.18. The van der Waals surface area contributed by atoms with Crippen molar-refractivity contribution in [3.05, 3.63) is 59.7 Å². The predicted molar refractivity (Wildman–Crippen MR) is 75.4 cm³/mol. The van der Waals surface area contributed by atoms with E-state index in [2.05, 4.69) is 5.32 Å². The van der Waals surface area contributed by atoms with Crippen molar-refractivity contribution < 1.29 is 14.8 Å². The van der Waals surface area contributed by atoms with Gasteiger partial charge in [-0.3, -0.25) is 4.79 Å². The fourth-order valence-corrected chi connectivity index (χ4v) is 1.69. The van der Waals surface area contributed by atoms with E-state index in [9.17, 15) is 4.79 Å². The van der Waals surface area contributed by atoms with Crippen LogP contribution in [-0.4, -0.2) is 23.5 Å². The lowest BCUT2D eigenvalue weighted by atomic mass is 9.80. The first-order valence-electron chi connectivity index (χ1n) is 5.93. The summed E-state index contributed by atoms with van der Waals surface area (Å²) in [7, 11) is -1.43. The van der Waals surface area contributed by atoms with Gasteiger partial charge in [-0.2, -0.15) is 0 Å². The highest BCUT2D eigenvalue weighted by Gasteiger charge is 2.09. The molecule has 0 aromatic heterocycles. The third kappa shape index (κ3) is 3.68. The number of carbonyl (C=O) groups is 1. The van der Waals surface area contributed by atoms with E-state index in [1.807, 2.05) is 24.3 Å². The van der Waals surface area contributed by atoms with Crippen LogP contribution in [0.5, 0.6) is 0 Å². The summed E-state index contributed by atoms with van der Waals surface area (Å²) in [4.78, 5) is 10.5. The number of hydrogen-bond donors (Lipinski definition) is 3. The van der Waals surface area contributed by atoms with Crippen molar-refractivity contribution in [1.82, 2.24) is 0 Å². The van der Waals surface area contributed by atoms with Crippen LogP contribution >= 0.6 is 0 Å². The zero-order valence-electron chi connectivity index (χ0n) is 10.3. The van der Waals surface area contributed by atoms with Gasteiger partial charge in [0.2, 0.25) is 0 Å². The fourth-order valence-electron chi connectivity index (χ4n) is 1.69. The first kappa shape index (κ1) is 13.3. The molecule has 0 saturated heterocycles. The second-order valence-electron chi connectivity index (χ2n) is 4.21. The molecule has 0 atom stereocenters. The van der Waals surface area contributed by atoms with Gasteiger partial charge in [-0.15, -0.1) is 0 Å². The Labute approximate surface area is 111 Å². The van der Waals surface area contributed by atoms with Crippen molar-refractivity contribution >= 4 is 24.6 Å². The molecule has 0 unspecified atom stereocenters. The van der Waals surface area contributed by atoms with Crippen molar-refractivity contribution in [2.45, 2.75) is 6.54 Å². The quantitative estimate of drug-likeness (QED) is 0.545. The molecule has 19 heavy (non-hydrogen) atoms. The molecule has 0 heterocycles. The van der Waals surface area contributed by atoms with Crippen LogP contribution in [0.25, 0.3) is 0 Å². The number of carbonyl (C=O) groups excluding carboxylic acids is 1. The van der Waals surface area contributed by atoms with Crippen molar-refractivity contribution in [3.8, 4) is 0 Å². The Bertz CT molecular complexity index is 538. The van der Waals surface area contributed by atoms with Crippen LogP contribution in [0.1, 0.15) is 15.9 Å². The molecule has 0 spiro atoms. The Morgan fingerprint density at radius 2 is 1.63 bits per heavy atom. The van der Waals surface area contributed by atoms with Gasteiger partial charge in [-0.05, 0) is 35.3 Å². The average molecular weight is 255 g/mol. The van der Waals surface area contributed by atoms with E-state index in [-0.39, 0.29) is 0 Å². The molecule has 2 rings (SSSR count). The summed E-state index contributed by atoms with van der Waals surface area (Å²) in [6, 6.07) is 14.2. The number of nitrogens with one attached hydrogen (secondary N) is 1. The van der Waals surface area contributed by atoms with Gasteiger partial charge in [0.25, 0.3) is 0 Å². The van der Waals surface area contributed by atoms with Gasteiger partial charge < -0.3 is 15.4 Å². The molecule has 0 amide bonds. The minimum absolute atomic E-state index is 0.471. The topological polar surface area (TPSA) is 69.6 Å². The molecule has 96 valence electrons. The van der Waals surface area contributed by atoms with Crippen LogP contribution < -0.4 is 10.8 Å². The van der Waals surface area contributed by atoms with Crippen LogP contribution in [0.4, 0.5) is 5.69 Å². The van der Waals surface area contributed by atoms with E-state index >= 15 is 0 Å². The van der Waals surface area contributed by atoms with Gasteiger partial charge in [-0.25, -0.2) is 0 Å². The molecule has 2 aromatic carbocycles. The van der Waals surface area contributed by atoms with Crippen molar-refractivity contribution in [3.63, 3.8) is 0 Å². The zero-order valence-corrected chi connectivity index (χ0v) is 10.3. The van der Waals surface area contributed by atoms with Gasteiger partial charge in [0.05, 0.1) is 0 Å². The lowest BCUT2D eigenvalue weighted by Crippen LogP contribution is -2.29. The van der Waals surface area contributed by atoms with Crippen LogP contribution in [0.15, 0.2) is 48.5 Å². The van der Waals surface area contributed by atoms with Gasteiger partial charge >= 0.3 is 7.12 Å². The standard InChI is InChI=1S/C14H14BNO3/c17-10-12-3-7-14(8-4-12)16-9-11-1-5-13(6-2-11)15(18)19/h1-8,10,16,18-19H,9H2. The number of hydrogen-bond acceptors (Lipinski definition) is 4. The van der Waals surface area contributed by atoms with Gasteiger partial charge in [0.1, 0.15) is 6.29 Å². The van der Waals surface area contributed by atoms with E-state index in [0.29, 0.717) is 17.6 Å². The van der Waals surface area contributed by atoms with Crippen LogP contribution in [0.2, 0.25) is 0 Å². The van der Waals surface area contributed by atoms with Crippen molar-refractivity contribution in [1.29, 1.82) is 0 Å². The number of anilines is 1. The third-order valence-electron chi connectivity index (χ3n) is 2.82. The molecule has 5 heteroatoms. The molecule has 0 bridgehead atoms. The Morgan fingerprint density at radius 1 is 1.00 bits per heavy atom. The van der Waals surface area contributed by atoms with Crippen LogP contribution in [0.3, 0.4) is 0 Å². The van der Waals surface area contributed by atoms with E-state index in [0.717, 1.165) is 17.5 Å². The first-order valence-corrected chi connectivity index (χ1v) is 5.93. The minimum atomic E-state index is -1.43. The predicted octanol–water partition coefficient (Wildman–Crippen LogP) is 0.791. The SMILES string of the molecule is O=Cc1ccc(NCc2ccc(B(O)O)cc2)cc1. The van der Waals surface area contributed by atoms with Crippen molar-refractivity contribution in [2.24, 2.45) is 0 Å². The molecule has 0 radical (unpaired) electrons. The van der Waals surface area contributed by atoms with Gasteiger partial charge in [0, 0.05) is 17.8 Å². The van der Waals surface area contributed by atoms with Gasteiger partial charge in [-0.1, -0.05) is 24.3 Å². The third-order valence-corrected chi connectivity index (χ3v) is 2.82. The first-order chi connectivity index (χ1) is 9.19. The molecule has 0 aliphatic carbocycles. The largest absolute Gasteiger partial charge is 0.488 e.